The van der Waals surface area contributed by atoms with E-state index in [1.807, 2.05) is 0 Å². The van der Waals surface area contributed by atoms with Crippen LogP contribution in [0.4, 0.5) is 0 Å². The summed E-state index contributed by atoms with van der Waals surface area (Å²) in [6.45, 7) is 0. The minimum Gasteiger partial charge on any atom is -0.360 e. The first-order chi connectivity index (χ1) is 4.76. The monoisotopic (exact) mass is 388 g/mol. The predicted octanol–water partition coefficient (Wildman–Crippen LogP) is 0.382. The van der Waals surface area contributed by atoms with E-state index in [-0.39, 0.29) is 0 Å². The molecular weight excluding hydrogens is 386 g/mol. The fourth-order valence-electron chi connectivity index (χ4n) is 0.331. The van der Waals surface area contributed by atoms with Crippen LogP contribution in [0.25, 0.3) is 0 Å². The van der Waals surface area contributed by atoms with E-state index in [9.17, 15) is 20.2 Å². The average Bonchev–Trinajstić information content (AvgIpc) is 1.54. The molecule has 0 radical (unpaired) electrons. The number of halogens is 2. The quantitative estimate of drug-likeness (QED) is 0.248. The van der Waals surface area contributed by atoms with Crippen molar-refractivity contribution in [3.8, 4) is 0 Å². The zero-order chi connectivity index (χ0) is 9.23. The summed E-state index contributed by atoms with van der Waals surface area (Å²) in [7, 11) is 0. The van der Waals surface area contributed by atoms with Crippen molar-refractivity contribution in [1.82, 2.24) is 0 Å². The number of nitro groups is 2. The molecule has 0 saturated carbocycles. The molecule has 0 spiro atoms. The van der Waals surface area contributed by atoms with E-state index in [2.05, 4.69) is 0 Å². The zero-order valence-corrected chi connectivity index (χ0v) is 9.12. The fourth-order valence-corrected chi connectivity index (χ4v) is 1.24. The van der Waals surface area contributed by atoms with Gasteiger partial charge < -0.3 is 5.11 Å². The maximum atomic E-state index is 9.98. The van der Waals surface area contributed by atoms with Crippen LogP contribution in [0.1, 0.15) is 0 Å². The van der Waals surface area contributed by atoms with E-state index < -0.39 is 17.6 Å². The molecule has 0 aromatic heterocycles. The fraction of sp³-hybridized carbons (Fsp3) is 1.00. The minimum absolute atomic E-state index is 1.14. The highest BCUT2D eigenvalue weighted by molar-refractivity contribution is 14.2. The van der Waals surface area contributed by atoms with Crippen LogP contribution in [0.2, 0.25) is 0 Å². The molecule has 0 aliphatic carbocycles. The summed E-state index contributed by atoms with van der Waals surface area (Å²) >= 11 is 2.46. The third-order valence-corrected chi connectivity index (χ3v) is 1.82. The molecule has 11 heavy (non-hydrogen) atoms. The Hall–Kier alpha value is 0.220. The van der Waals surface area contributed by atoms with Crippen molar-refractivity contribution in [2.45, 2.75) is 7.78 Å². The molecule has 0 aliphatic rings. The van der Waals surface area contributed by atoms with Crippen molar-refractivity contribution >= 4 is 45.2 Å². The molecule has 7 nitrogen and oxygen atoms in total. The van der Waals surface area contributed by atoms with Crippen LogP contribution in [0, 0.1) is 20.2 Å². The Labute approximate surface area is 87.7 Å². The van der Waals surface area contributed by atoms with E-state index in [0.29, 0.717) is 0 Å². The molecule has 0 amide bonds. The molecule has 0 atom stereocenters. The zero-order valence-electron chi connectivity index (χ0n) is 4.81. The first-order valence-corrected chi connectivity index (χ1v) is 4.29. The number of rotatable bonds is 3. The smallest absolute Gasteiger partial charge is 0.360 e. The second-order valence-electron chi connectivity index (χ2n) is 1.53. The van der Waals surface area contributed by atoms with Gasteiger partial charge in [0.05, 0.1) is 0 Å². The van der Waals surface area contributed by atoms with Crippen molar-refractivity contribution in [3.05, 3.63) is 20.2 Å². The molecule has 0 aromatic carbocycles. The molecule has 0 rings (SSSR count). The molecule has 0 heterocycles. The van der Waals surface area contributed by atoms with Gasteiger partial charge in [0.1, 0.15) is 9.85 Å². The van der Waals surface area contributed by atoms with Gasteiger partial charge in [0.2, 0.25) is 0 Å². The van der Waals surface area contributed by atoms with Gasteiger partial charge in [0.15, 0.2) is 0 Å². The SMILES string of the molecule is O=[N+]([O-])C([N+](=O)[O-])C(O)(I)I. The summed E-state index contributed by atoms with van der Waals surface area (Å²) in [6, 6.07) is 0. The summed E-state index contributed by atoms with van der Waals surface area (Å²) in [6.07, 6.45) is -2.19. The van der Waals surface area contributed by atoms with Gasteiger partial charge in [-0.2, -0.15) is 0 Å². The molecule has 0 fully saturated rings. The lowest BCUT2D eigenvalue weighted by molar-refractivity contribution is -0.747. The van der Waals surface area contributed by atoms with Gasteiger partial charge in [-0.25, -0.2) is 0 Å². The first kappa shape index (κ1) is 11.2. The van der Waals surface area contributed by atoms with Gasteiger partial charge >= 0.3 is 7.78 Å². The third-order valence-electron chi connectivity index (χ3n) is 0.710. The molecule has 0 unspecified atom stereocenters. The normalized spacial score (nSPS) is 11.6. The van der Waals surface area contributed by atoms with Crippen molar-refractivity contribution in [1.29, 1.82) is 0 Å². The highest BCUT2D eigenvalue weighted by Crippen LogP contribution is 2.29. The van der Waals surface area contributed by atoms with Crippen LogP contribution in [0.3, 0.4) is 0 Å². The van der Waals surface area contributed by atoms with Crippen molar-refractivity contribution in [3.63, 3.8) is 0 Å². The number of nitrogens with zero attached hydrogens (tertiary/aromatic N) is 2. The Balaban J connectivity index is 4.63. The highest BCUT2D eigenvalue weighted by Gasteiger charge is 2.51. The van der Waals surface area contributed by atoms with Crippen molar-refractivity contribution < 1.29 is 15.0 Å². The molecule has 64 valence electrons. The Kier molecular flexibility index (Phi) is 3.83. The van der Waals surface area contributed by atoms with E-state index in [1.165, 1.54) is 45.2 Å². The van der Waals surface area contributed by atoms with Crippen LogP contribution >= 0.6 is 45.2 Å². The summed E-state index contributed by atoms with van der Waals surface area (Å²) in [5.41, 5.74) is 0. The number of hydrogen-bond donors (Lipinski definition) is 1. The number of alkyl halides is 2. The maximum absolute atomic E-state index is 9.98. The molecule has 1 N–H and O–H groups in total. The Morgan fingerprint density at radius 1 is 1.27 bits per heavy atom. The van der Waals surface area contributed by atoms with E-state index >= 15 is 0 Å². The van der Waals surface area contributed by atoms with Gasteiger partial charge in [0, 0.05) is 0 Å². The van der Waals surface area contributed by atoms with Crippen LogP contribution in [-0.4, -0.2) is 22.7 Å². The molecule has 0 aromatic rings. The molecule has 0 bridgehead atoms. The molecule has 0 aliphatic heterocycles. The van der Waals surface area contributed by atoms with E-state index in [1.54, 1.807) is 0 Å². The van der Waals surface area contributed by atoms with Crippen molar-refractivity contribution in [2.24, 2.45) is 0 Å². The Bertz CT molecular complexity index is 173. The summed E-state index contributed by atoms with van der Waals surface area (Å²) < 4.78 is -2.00. The average molecular weight is 388 g/mol. The maximum Gasteiger partial charge on any atom is 0.496 e. The van der Waals surface area contributed by atoms with E-state index in [0.717, 1.165) is 0 Å². The van der Waals surface area contributed by atoms with Crippen molar-refractivity contribution in [2.75, 3.05) is 0 Å². The van der Waals surface area contributed by atoms with E-state index in [4.69, 9.17) is 5.11 Å². The summed E-state index contributed by atoms with van der Waals surface area (Å²) in [4.78, 5) is 17.7. The van der Waals surface area contributed by atoms with Gasteiger partial charge in [-0.15, -0.1) is 0 Å². The van der Waals surface area contributed by atoms with Crippen LogP contribution in [-0.2, 0) is 0 Å². The second kappa shape index (κ2) is 3.75. The largest absolute Gasteiger partial charge is 0.496 e. The highest BCUT2D eigenvalue weighted by atomic mass is 127. The summed E-state index contributed by atoms with van der Waals surface area (Å²) in [5.74, 6) is 0. The first-order valence-electron chi connectivity index (χ1n) is 2.14. The third kappa shape index (κ3) is 3.42. The molecule has 0 saturated heterocycles. The Morgan fingerprint density at radius 2 is 1.55 bits per heavy atom. The predicted molar refractivity (Wildman–Crippen MR) is 50.8 cm³/mol. The lowest BCUT2D eigenvalue weighted by Gasteiger charge is -2.10. The topological polar surface area (TPSA) is 107 Å². The summed E-state index contributed by atoms with van der Waals surface area (Å²) in [5, 5.41) is 28.9. The van der Waals surface area contributed by atoms with Gasteiger partial charge in [0.25, 0.3) is 0 Å². The van der Waals surface area contributed by atoms with Gasteiger partial charge in [-0.3, -0.25) is 20.2 Å². The van der Waals surface area contributed by atoms with Gasteiger partial charge in [-0.1, -0.05) is 0 Å². The van der Waals surface area contributed by atoms with Crippen LogP contribution in [0.15, 0.2) is 0 Å². The minimum atomic E-state index is -2.19. The number of hydrogen-bond acceptors (Lipinski definition) is 5. The lowest BCUT2D eigenvalue weighted by Crippen LogP contribution is -2.43. The van der Waals surface area contributed by atoms with Crippen LogP contribution in [0.5, 0.6) is 0 Å². The Morgan fingerprint density at radius 3 is 1.55 bits per heavy atom. The molecular formula is C2H2I2N2O5. The standard InChI is InChI=1S/C2H2I2N2O5/c3-2(4,7)1(5(8)9)6(10)11/h1,7H. The number of aliphatic hydroxyl groups is 1. The van der Waals surface area contributed by atoms with Gasteiger partial charge in [-0.05, 0) is 45.2 Å². The van der Waals surface area contributed by atoms with Crippen LogP contribution < -0.4 is 0 Å². The second-order valence-corrected chi connectivity index (χ2v) is 6.89. The molecule has 9 heteroatoms. The lowest BCUT2D eigenvalue weighted by atomic mass is 10.6.